The van der Waals surface area contributed by atoms with E-state index in [2.05, 4.69) is 5.32 Å². The Hall–Kier alpha value is -2.58. The van der Waals surface area contributed by atoms with Gasteiger partial charge < -0.3 is 14.8 Å². The Labute approximate surface area is 129 Å². The normalized spacial score (nSPS) is 10.0. The van der Waals surface area contributed by atoms with Crippen molar-refractivity contribution in [1.29, 1.82) is 5.26 Å². The smallest absolute Gasteiger partial charge is 0.124 e. The molecule has 0 aliphatic rings. The third kappa shape index (κ3) is 4.47. The number of methoxy groups -OCH3 is 1. The first-order valence-corrected chi connectivity index (χ1v) is 6.87. The largest absolute Gasteiger partial charge is 0.491 e. The van der Waals surface area contributed by atoms with Gasteiger partial charge in [-0.1, -0.05) is 12.1 Å². The zero-order valence-corrected chi connectivity index (χ0v) is 12.3. The summed E-state index contributed by atoms with van der Waals surface area (Å²) in [4.78, 5) is 0. The number of halogens is 1. The van der Waals surface area contributed by atoms with E-state index in [0.29, 0.717) is 25.4 Å². The van der Waals surface area contributed by atoms with Crippen LogP contribution in [0.25, 0.3) is 0 Å². The number of ether oxygens (including phenoxy) is 2. The number of rotatable bonds is 7. The molecule has 114 valence electrons. The molecule has 0 heterocycles. The average molecular weight is 300 g/mol. The molecule has 0 saturated heterocycles. The fourth-order valence-electron chi connectivity index (χ4n) is 1.95. The van der Waals surface area contributed by atoms with Gasteiger partial charge in [0.25, 0.3) is 0 Å². The molecule has 2 aromatic rings. The Morgan fingerprint density at radius 2 is 2.05 bits per heavy atom. The zero-order valence-electron chi connectivity index (χ0n) is 12.3. The first-order chi connectivity index (χ1) is 10.7. The highest BCUT2D eigenvalue weighted by Gasteiger charge is 2.04. The van der Waals surface area contributed by atoms with Crippen LogP contribution in [0, 0.1) is 17.1 Å². The van der Waals surface area contributed by atoms with Gasteiger partial charge in [0, 0.05) is 13.7 Å². The van der Waals surface area contributed by atoms with Crippen molar-refractivity contribution in [2.45, 2.75) is 6.54 Å². The second-order valence-corrected chi connectivity index (χ2v) is 4.64. The molecule has 2 rings (SSSR count). The third-order valence-electron chi connectivity index (χ3n) is 3.04. The van der Waals surface area contributed by atoms with E-state index in [1.807, 2.05) is 30.3 Å². The van der Waals surface area contributed by atoms with Crippen molar-refractivity contribution in [3.63, 3.8) is 0 Å². The maximum Gasteiger partial charge on any atom is 0.124 e. The standard InChI is InChI=1S/C17H17FN2O2/c1-21-7-8-22-16-4-2-3-13(9-16)12-20-17-6-5-15(18)10-14(17)11-19/h2-6,9-10,20H,7-8,12H2,1H3. The molecule has 22 heavy (non-hydrogen) atoms. The number of benzene rings is 2. The van der Waals surface area contributed by atoms with Crippen LogP contribution >= 0.6 is 0 Å². The Bertz CT molecular complexity index is 668. The summed E-state index contributed by atoms with van der Waals surface area (Å²) in [6, 6.07) is 13.7. The van der Waals surface area contributed by atoms with E-state index in [1.54, 1.807) is 13.2 Å². The lowest BCUT2D eigenvalue weighted by atomic mass is 10.1. The van der Waals surface area contributed by atoms with E-state index in [4.69, 9.17) is 14.7 Å². The second-order valence-electron chi connectivity index (χ2n) is 4.64. The van der Waals surface area contributed by atoms with Crippen LogP contribution < -0.4 is 10.1 Å². The summed E-state index contributed by atoms with van der Waals surface area (Å²) < 4.78 is 23.6. The molecule has 0 saturated carbocycles. The van der Waals surface area contributed by atoms with Crippen LogP contribution in [0.3, 0.4) is 0 Å². The SMILES string of the molecule is COCCOc1cccc(CNc2ccc(F)cc2C#N)c1. The van der Waals surface area contributed by atoms with Crippen molar-refractivity contribution >= 4 is 5.69 Å². The summed E-state index contributed by atoms with van der Waals surface area (Å²) >= 11 is 0. The molecule has 1 N–H and O–H groups in total. The number of hydrogen-bond donors (Lipinski definition) is 1. The minimum atomic E-state index is -0.421. The fourth-order valence-corrected chi connectivity index (χ4v) is 1.95. The molecule has 0 unspecified atom stereocenters. The number of nitrogens with one attached hydrogen (secondary N) is 1. The molecule has 5 heteroatoms. The molecular formula is C17H17FN2O2. The summed E-state index contributed by atoms with van der Waals surface area (Å²) in [7, 11) is 1.62. The van der Waals surface area contributed by atoms with Gasteiger partial charge in [0.15, 0.2) is 0 Å². The molecule has 2 aromatic carbocycles. The van der Waals surface area contributed by atoms with Crippen LogP contribution in [0.4, 0.5) is 10.1 Å². The van der Waals surface area contributed by atoms with E-state index >= 15 is 0 Å². The molecule has 0 radical (unpaired) electrons. The van der Waals surface area contributed by atoms with Gasteiger partial charge >= 0.3 is 0 Å². The number of nitrogens with zero attached hydrogens (tertiary/aromatic N) is 1. The Morgan fingerprint density at radius 1 is 1.18 bits per heavy atom. The maximum atomic E-state index is 13.1. The van der Waals surface area contributed by atoms with E-state index in [0.717, 1.165) is 11.3 Å². The van der Waals surface area contributed by atoms with Gasteiger partial charge in [-0.25, -0.2) is 4.39 Å². The lowest BCUT2D eigenvalue weighted by molar-refractivity contribution is 0.146. The quantitative estimate of drug-likeness (QED) is 0.797. The van der Waals surface area contributed by atoms with Gasteiger partial charge in [-0.05, 0) is 35.9 Å². The van der Waals surface area contributed by atoms with Gasteiger partial charge in [0.05, 0.1) is 17.9 Å². The first-order valence-electron chi connectivity index (χ1n) is 6.87. The monoisotopic (exact) mass is 300 g/mol. The van der Waals surface area contributed by atoms with Crippen LogP contribution in [0.5, 0.6) is 5.75 Å². The summed E-state index contributed by atoms with van der Waals surface area (Å²) in [5.74, 6) is 0.339. The van der Waals surface area contributed by atoms with E-state index in [9.17, 15) is 4.39 Å². The van der Waals surface area contributed by atoms with Gasteiger partial charge in [-0.3, -0.25) is 0 Å². The van der Waals surface area contributed by atoms with Crippen molar-refractivity contribution in [2.24, 2.45) is 0 Å². The van der Waals surface area contributed by atoms with Gasteiger partial charge in [0.1, 0.15) is 24.2 Å². The van der Waals surface area contributed by atoms with E-state index < -0.39 is 5.82 Å². The maximum absolute atomic E-state index is 13.1. The Kier molecular flexibility index (Phi) is 5.75. The fraction of sp³-hybridized carbons (Fsp3) is 0.235. The van der Waals surface area contributed by atoms with Crippen LogP contribution in [0.2, 0.25) is 0 Å². The lowest BCUT2D eigenvalue weighted by Gasteiger charge is -2.10. The molecule has 0 aromatic heterocycles. The minimum absolute atomic E-state index is 0.285. The van der Waals surface area contributed by atoms with Crippen molar-refractivity contribution in [2.75, 3.05) is 25.6 Å². The summed E-state index contributed by atoms with van der Waals surface area (Å²) in [6.07, 6.45) is 0. The molecule has 0 amide bonds. The van der Waals surface area contributed by atoms with Crippen molar-refractivity contribution < 1.29 is 13.9 Å². The first kappa shape index (κ1) is 15.8. The molecule has 0 atom stereocenters. The van der Waals surface area contributed by atoms with Crippen LogP contribution in [-0.2, 0) is 11.3 Å². The van der Waals surface area contributed by atoms with Crippen LogP contribution in [0.15, 0.2) is 42.5 Å². The Morgan fingerprint density at radius 3 is 2.82 bits per heavy atom. The third-order valence-corrected chi connectivity index (χ3v) is 3.04. The summed E-state index contributed by atoms with van der Waals surface area (Å²) in [5.41, 5.74) is 1.89. The molecule has 0 fully saturated rings. The average Bonchev–Trinajstić information content (AvgIpc) is 2.54. The molecule has 0 bridgehead atoms. The molecule has 4 nitrogen and oxygen atoms in total. The summed E-state index contributed by atoms with van der Waals surface area (Å²) in [6.45, 7) is 1.54. The highest BCUT2D eigenvalue weighted by molar-refractivity contribution is 5.57. The predicted molar refractivity (Wildman–Crippen MR) is 82.3 cm³/mol. The van der Waals surface area contributed by atoms with Gasteiger partial charge in [-0.15, -0.1) is 0 Å². The molecule has 0 aliphatic carbocycles. The summed E-state index contributed by atoms with van der Waals surface area (Å²) in [5, 5.41) is 12.1. The number of nitriles is 1. The lowest BCUT2D eigenvalue weighted by Crippen LogP contribution is -2.05. The molecular weight excluding hydrogens is 283 g/mol. The topological polar surface area (TPSA) is 54.3 Å². The molecule has 0 spiro atoms. The van der Waals surface area contributed by atoms with Crippen molar-refractivity contribution in [3.8, 4) is 11.8 Å². The number of hydrogen-bond acceptors (Lipinski definition) is 4. The van der Waals surface area contributed by atoms with Crippen molar-refractivity contribution in [3.05, 3.63) is 59.4 Å². The minimum Gasteiger partial charge on any atom is -0.491 e. The highest BCUT2D eigenvalue weighted by Crippen LogP contribution is 2.18. The number of anilines is 1. The van der Waals surface area contributed by atoms with Gasteiger partial charge in [0.2, 0.25) is 0 Å². The zero-order chi connectivity index (χ0) is 15.8. The van der Waals surface area contributed by atoms with E-state index in [-0.39, 0.29) is 5.56 Å². The van der Waals surface area contributed by atoms with Crippen LogP contribution in [0.1, 0.15) is 11.1 Å². The van der Waals surface area contributed by atoms with Crippen LogP contribution in [-0.4, -0.2) is 20.3 Å². The predicted octanol–water partition coefficient (Wildman–Crippen LogP) is 3.33. The van der Waals surface area contributed by atoms with E-state index in [1.165, 1.54) is 12.1 Å². The highest BCUT2D eigenvalue weighted by atomic mass is 19.1. The second kappa shape index (κ2) is 8.01. The van der Waals surface area contributed by atoms with Gasteiger partial charge in [-0.2, -0.15) is 5.26 Å². The Balaban J connectivity index is 2.00. The molecule has 0 aliphatic heterocycles. The van der Waals surface area contributed by atoms with Crippen molar-refractivity contribution in [1.82, 2.24) is 0 Å².